The lowest BCUT2D eigenvalue weighted by molar-refractivity contribution is 0.414. The number of hydrogen-bond acceptors (Lipinski definition) is 5. The first-order valence-corrected chi connectivity index (χ1v) is 9.96. The predicted molar refractivity (Wildman–Crippen MR) is 93.0 cm³/mol. The highest BCUT2D eigenvalue weighted by atomic mass is 32.2. The van der Waals surface area contributed by atoms with Gasteiger partial charge in [-0.15, -0.1) is 11.3 Å². The van der Waals surface area contributed by atoms with Gasteiger partial charge in [0.2, 0.25) is 0 Å². The van der Waals surface area contributed by atoms with Crippen LogP contribution in [0.3, 0.4) is 0 Å². The fourth-order valence-electron chi connectivity index (χ4n) is 2.71. The second-order valence-electron chi connectivity index (χ2n) is 5.55. The Hall–Kier alpha value is -1.24. The minimum absolute atomic E-state index is 0.566. The maximum Gasteiger partial charge on any atom is 0.185 e. The Balaban J connectivity index is 1.46. The first kappa shape index (κ1) is 15.6. The van der Waals surface area contributed by atoms with E-state index in [1.807, 2.05) is 23.7 Å². The van der Waals surface area contributed by atoms with Crippen LogP contribution >= 0.6 is 11.3 Å². The number of anilines is 1. The van der Waals surface area contributed by atoms with E-state index in [4.69, 9.17) is 0 Å². The number of rotatable bonds is 5. The van der Waals surface area contributed by atoms with Crippen molar-refractivity contribution in [1.82, 2.24) is 10.3 Å². The molecule has 2 aromatic rings. The van der Waals surface area contributed by atoms with Crippen molar-refractivity contribution in [3.63, 3.8) is 0 Å². The van der Waals surface area contributed by atoms with E-state index in [0.717, 1.165) is 42.5 Å². The summed E-state index contributed by atoms with van der Waals surface area (Å²) >= 11 is 1.71. The largest absolute Gasteiger partial charge is 0.348 e. The minimum atomic E-state index is -0.895. The van der Waals surface area contributed by atoms with Crippen molar-refractivity contribution >= 4 is 27.3 Å². The van der Waals surface area contributed by atoms with Gasteiger partial charge in [0, 0.05) is 59.2 Å². The summed E-state index contributed by atoms with van der Waals surface area (Å²) in [6.45, 7) is 3.01. The Kier molecular flexibility index (Phi) is 5.23. The van der Waals surface area contributed by atoms with Gasteiger partial charge >= 0.3 is 0 Å². The first-order chi connectivity index (χ1) is 10.7. The molecule has 1 aliphatic heterocycles. The number of hydrogen-bond donors (Lipinski definition) is 1. The molecule has 2 heterocycles. The molecule has 0 aliphatic carbocycles. The van der Waals surface area contributed by atoms with E-state index in [2.05, 4.69) is 27.3 Å². The van der Waals surface area contributed by atoms with Crippen LogP contribution in [0.1, 0.15) is 18.4 Å². The van der Waals surface area contributed by atoms with Gasteiger partial charge in [-0.05, 0) is 30.5 Å². The Morgan fingerprint density at radius 3 is 2.64 bits per heavy atom. The summed E-state index contributed by atoms with van der Waals surface area (Å²) in [5.74, 6) is 0. The molecule has 1 fully saturated rings. The van der Waals surface area contributed by atoms with Gasteiger partial charge in [-0.3, -0.25) is 4.21 Å². The molecular weight excluding hydrogens is 314 g/mol. The predicted octanol–water partition coefficient (Wildman–Crippen LogP) is 2.64. The molecule has 4 nitrogen and oxygen atoms in total. The van der Waals surface area contributed by atoms with E-state index in [-0.39, 0.29) is 0 Å². The molecular formula is C16H21N3OS2. The molecule has 0 radical (unpaired) electrons. The molecule has 1 atom stereocenters. The topological polar surface area (TPSA) is 45.2 Å². The first-order valence-electron chi connectivity index (χ1n) is 7.52. The molecule has 1 saturated heterocycles. The van der Waals surface area contributed by atoms with Crippen LogP contribution < -0.4 is 10.2 Å². The zero-order valence-electron chi connectivity index (χ0n) is 12.7. The Labute approximate surface area is 138 Å². The summed E-state index contributed by atoms with van der Waals surface area (Å²) in [5.41, 5.74) is 1.25. The molecule has 1 N–H and O–H groups in total. The molecule has 0 saturated carbocycles. The van der Waals surface area contributed by atoms with Gasteiger partial charge in [-0.1, -0.05) is 12.1 Å². The van der Waals surface area contributed by atoms with Gasteiger partial charge in [-0.25, -0.2) is 4.98 Å². The minimum Gasteiger partial charge on any atom is -0.348 e. The zero-order valence-corrected chi connectivity index (χ0v) is 14.3. The highest BCUT2D eigenvalue weighted by molar-refractivity contribution is 7.84. The summed E-state index contributed by atoms with van der Waals surface area (Å²) in [4.78, 5) is 7.64. The van der Waals surface area contributed by atoms with Gasteiger partial charge in [0.05, 0.1) is 0 Å². The van der Waals surface area contributed by atoms with Gasteiger partial charge in [0.25, 0.3) is 0 Å². The molecule has 0 unspecified atom stereocenters. The van der Waals surface area contributed by atoms with Gasteiger partial charge in [0.1, 0.15) is 0 Å². The molecule has 22 heavy (non-hydrogen) atoms. The van der Waals surface area contributed by atoms with Crippen LogP contribution in [0.5, 0.6) is 0 Å². The van der Waals surface area contributed by atoms with Crippen molar-refractivity contribution in [2.24, 2.45) is 0 Å². The van der Waals surface area contributed by atoms with Crippen LogP contribution in [-0.4, -0.2) is 34.6 Å². The van der Waals surface area contributed by atoms with Gasteiger partial charge < -0.3 is 10.2 Å². The quantitative estimate of drug-likeness (QED) is 0.912. The lowest BCUT2D eigenvalue weighted by Crippen LogP contribution is -2.42. The van der Waals surface area contributed by atoms with Gasteiger partial charge in [-0.2, -0.15) is 0 Å². The number of nitrogens with zero attached hydrogens (tertiary/aromatic N) is 2. The number of thiazole rings is 1. The number of aromatic nitrogens is 1. The van der Waals surface area contributed by atoms with E-state index >= 15 is 0 Å². The van der Waals surface area contributed by atoms with Crippen molar-refractivity contribution in [2.45, 2.75) is 30.3 Å². The Morgan fingerprint density at radius 1 is 1.32 bits per heavy atom. The summed E-state index contributed by atoms with van der Waals surface area (Å²) in [6.07, 6.45) is 5.88. The molecule has 0 amide bonds. The van der Waals surface area contributed by atoms with Crippen LogP contribution in [0.25, 0.3) is 0 Å². The maximum absolute atomic E-state index is 11.4. The highest BCUT2D eigenvalue weighted by Crippen LogP contribution is 2.22. The number of piperidine rings is 1. The smallest absolute Gasteiger partial charge is 0.185 e. The second-order valence-corrected chi connectivity index (χ2v) is 7.81. The molecule has 3 rings (SSSR count). The van der Waals surface area contributed by atoms with Gasteiger partial charge in [0.15, 0.2) is 5.13 Å². The van der Waals surface area contributed by atoms with Crippen molar-refractivity contribution in [2.75, 3.05) is 24.2 Å². The lowest BCUT2D eigenvalue weighted by atomic mass is 10.1. The van der Waals surface area contributed by atoms with Crippen molar-refractivity contribution in [3.05, 3.63) is 41.4 Å². The molecule has 0 spiro atoms. The molecule has 0 bridgehead atoms. The van der Waals surface area contributed by atoms with E-state index in [0.29, 0.717) is 6.04 Å². The fourth-order valence-corrected chi connectivity index (χ4v) is 3.92. The maximum atomic E-state index is 11.4. The molecule has 118 valence electrons. The summed E-state index contributed by atoms with van der Waals surface area (Å²) in [5, 5.41) is 6.81. The highest BCUT2D eigenvalue weighted by Gasteiger charge is 2.20. The third-order valence-corrected chi connectivity index (χ3v) is 5.80. The average molecular weight is 335 g/mol. The molecule has 1 aliphatic rings. The standard InChI is InChI=1S/C16H21N3OS2/c1-22(20)15-4-2-13(3-5-15)12-18-14-6-9-19(10-7-14)16-17-8-11-21-16/h2-5,8,11,14,18H,6-7,9-10,12H2,1H3/t22-/m1/s1. The van der Waals surface area contributed by atoms with Crippen molar-refractivity contribution < 1.29 is 4.21 Å². The summed E-state index contributed by atoms with van der Waals surface area (Å²) in [6, 6.07) is 8.61. The van der Waals surface area contributed by atoms with Crippen LogP contribution in [0, 0.1) is 0 Å². The Bertz CT molecular complexity index is 605. The number of nitrogens with one attached hydrogen (secondary N) is 1. The third kappa shape index (κ3) is 3.94. The number of benzene rings is 1. The monoisotopic (exact) mass is 335 g/mol. The van der Waals surface area contributed by atoms with E-state index in [1.54, 1.807) is 17.6 Å². The SMILES string of the molecule is C[S@@](=O)c1ccc(CNC2CCN(c3nccs3)CC2)cc1. The second kappa shape index (κ2) is 7.35. The third-order valence-electron chi connectivity index (χ3n) is 4.03. The zero-order chi connectivity index (χ0) is 15.4. The van der Waals surface area contributed by atoms with Crippen LogP contribution in [0.4, 0.5) is 5.13 Å². The van der Waals surface area contributed by atoms with Crippen molar-refractivity contribution in [3.8, 4) is 0 Å². The molecule has 1 aromatic carbocycles. The van der Waals surface area contributed by atoms with Crippen LogP contribution in [-0.2, 0) is 17.3 Å². The average Bonchev–Trinajstić information content (AvgIpc) is 3.08. The van der Waals surface area contributed by atoms with E-state index < -0.39 is 10.8 Å². The van der Waals surface area contributed by atoms with Crippen LogP contribution in [0.15, 0.2) is 40.7 Å². The summed E-state index contributed by atoms with van der Waals surface area (Å²) in [7, 11) is -0.895. The fraction of sp³-hybridized carbons (Fsp3) is 0.438. The summed E-state index contributed by atoms with van der Waals surface area (Å²) < 4.78 is 11.4. The van der Waals surface area contributed by atoms with Crippen LogP contribution in [0.2, 0.25) is 0 Å². The van der Waals surface area contributed by atoms with Crippen molar-refractivity contribution in [1.29, 1.82) is 0 Å². The normalized spacial score (nSPS) is 17.6. The van der Waals surface area contributed by atoms with E-state index in [1.165, 1.54) is 5.56 Å². The molecule has 1 aromatic heterocycles. The lowest BCUT2D eigenvalue weighted by Gasteiger charge is -2.32. The molecule has 6 heteroatoms. The Morgan fingerprint density at radius 2 is 2.05 bits per heavy atom. The van der Waals surface area contributed by atoms with E-state index in [9.17, 15) is 4.21 Å².